The first-order chi connectivity index (χ1) is 6.14. The molecule has 1 aliphatic rings. The summed E-state index contributed by atoms with van der Waals surface area (Å²) < 4.78 is 10.7. The molecule has 1 fully saturated rings. The predicted octanol–water partition coefficient (Wildman–Crippen LogP) is 1.53. The molecule has 1 unspecified atom stereocenters. The number of methoxy groups -OCH3 is 1. The van der Waals surface area contributed by atoms with Gasteiger partial charge in [0, 0.05) is 13.2 Å². The lowest BCUT2D eigenvalue weighted by Crippen LogP contribution is -2.30. The van der Waals surface area contributed by atoms with E-state index < -0.39 is 5.79 Å². The molecule has 78 valence electrons. The summed E-state index contributed by atoms with van der Waals surface area (Å²) in [6.07, 6.45) is 3.68. The van der Waals surface area contributed by atoms with Gasteiger partial charge in [0.2, 0.25) is 0 Å². The summed E-state index contributed by atoms with van der Waals surface area (Å²) in [5.74, 6) is -0.432. The summed E-state index contributed by atoms with van der Waals surface area (Å²) in [5.41, 5.74) is 0. The van der Waals surface area contributed by atoms with Crippen molar-refractivity contribution >= 4 is 0 Å². The van der Waals surface area contributed by atoms with Crippen LogP contribution in [0.2, 0.25) is 0 Å². The normalized spacial score (nSPS) is 23.8. The largest absolute Gasteiger partial charge is 0.354 e. The maximum atomic E-state index is 5.58. The average molecular weight is 187 g/mol. The topological polar surface area (TPSA) is 30.5 Å². The Hall–Kier alpha value is -0.120. The summed E-state index contributed by atoms with van der Waals surface area (Å²) in [6, 6.07) is 0.660. The first-order valence-electron chi connectivity index (χ1n) is 5.06. The third-order valence-electron chi connectivity index (χ3n) is 2.57. The van der Waals surface area contributed by atoms with Gasteiger partial charge in [-0.25, -0.2) is 0 Å². The molecule has 0 aromatic rings. The molecule has 13 heavy (non-hydrogen) atoms. The molecule has 1 atom stereocenters. The van der Waals surface area contributed by atoms with Gasteiger partial charge in [0.25, 0.3) is 0 Å². The van der Waals surface area contributed by atoms with Crippen LogP contribution in [-0.2, 0) is 9.47 Å². The van der Waals surface area contributed by atoms with E-state index in [0.717, 1.165) is 13.0 Å². The van der Waals surface area contributed by atoms with Crippen LogP contribution in [0.25, 0.3) is 0 Å². The molecular weight excluding hydrogens is 166 g/mol. The molecule has 0 aromatic heterocycles. The van der Waals surface area contributed by atoms with Crippen molar-refractivity contribution in [3.8, 4) is 0 Å². The van der Waals surface area contributed by atoms with E-state index in [9.17, 15) is 0 Å². The Balaban J connectivity index is 2.06. The van der Waals surface area contributed by atoms with Crippen LogP contribution in [0.15, 0.2) is 0 Å². The van der Waals surface area contributed by atoms with Crippen LogP contribution in [0.1, 0.15) is 33.1 Å². The highest BCUT2D eigenvalue weighted by Gasteiger charge is 2.18. The van der Waals surface area contributed by atoms with Gasteiger partial charge in [-0.1, -0.05) is 0 Å². The van der Waals surface area contributed by atoms with Gasteiger partial charge in [0.05, 0.1) is 6.61 Å². The van der Waals surface area contributed by atoms with Crippen molar-refractivity contribution in [2.75, 3.05) is 20.3 Å². The zero-order chi connectivity index (χ0) is 9.73. The highest BCUT2D eigenvalue weighted by Crippen LogP contribution is 2.13. The minimum Gasteiger partial charge on any atom is -0.354 e. The quantitative estimate of drug-likeness (QED) is 0.662. The van der Waals surface area contributed by atoms with Gasteiger partial charge in [-0.2, -0.15) is 0 Å². The molecule has 3 nitrogen and oxygen atoms in total. The summed E-state index contributed by atoms with van der Waals surface area (Å²) in [6.45, 7) is 5.82. The SMILES string of the molecule is COC(C)(C)OCCC1CCCN1. The molecule has 1 aliphatic heterocycles. The number of hydrogen-bond donors (Lipinski definition) is 1. The van der Waals surface area contributed by atoms with Crippen molar-refractivity contribution in [2.24, 2.45) is 0 Å². The first kappa shape index (κ1) is 11.0. The van der Waals surface area contributed by atoms with E-state index in [1.165, 1.54) is 19.4 Å². The van der Waals surface area contributed by atoms with Crippen LogP contribution in [-0.4, -0.2) is 32.1 Å². The van der Waals surface area contributed by atoms with Crippen molar-refractivity contribution in [3.63, 3.8) is 0 Å². The lowest BCUT2D eigenvalue weighted by Gasteiger charge is -2.24. The third kappa shape index (κ3) is 4.07. The smallest absolute Gasteiger partial charge is 0.162 e. The van der Waals surface area contributed by atoms with Crippen molar-refractivity contribution in [1.82, 2.24) is 5.32 Å². The predicted molar refractivity (Wildman–Crippen MR) is 52.7 cm³/mol. The molecule has 0 radical (unpaired) electrons. The molecule has 0 saturated carbocycles. The van der Waals surface area contributed by atoms with E-state index in [1.807, 2.05) is 13.8 Å². The zero-order valence-corrected chi connectivity index (χ0v) is 8.93. The van der Waals surface area contributed by atoms with Gasteiger partial charge in [-0.3, -0.25) is 0 Å². The van der Waals surface area contributed by atoms with Gasteiger partial charge in [-0.15, -0.1) is 0 Å². The van der Waals surface area contributed by atoms with Crippen molar-refractivity contribution in [1.29, 1.82) is 0 Å². The summed E-state index contributed by atoms with van der Waals surface area (Å²) in [4.78, 5) is 0. The second-order valence-electron chi connectivity index (χ2n) is 4.03. The molecule has 0 aliphatic carbocycles. The van der Waals surface area contributed by atoms with Crippen LogP contribution in [0.5, 0.6) is 0 Å². The van der Waals surface area contributed by atoms with Gasteiger partial charge >= 0.3 is 0 Å². The van der Waals surface area contributed by atoms with E-state index in [1.54, 1.807) is 7.11 Å². The maximum absolute atomic E-state index is 5.58. The van der Waals surface area contributed by atoms with E-state index in [0.29, 0.717) is 6.04 Å². The fourth-order valence-corrected chi connectivity index (χ4v) is 1.51. The standard InChI is InChI=1S/C10H21NO2/c1-10(2,12-3)13-8-6-9-5-4-7-11-9/h9,11H,4-8H2,1-3H3. The molecular formula is C10H21NO2. The van der Waals surface area contributed by atoms with Crippen molar-refractivity contribution < 1.29 is 9.47 Å². The number of rotatable bonds is 5. The second-order valence-corrected chi connectivity index (χ2v) is 4.03. The van der Waals surface area contributed by atoms with Crippen LogP contribution in [0, 0.1) is 0 Å². The summed E-state index contributed by atoms with van der Waals surface area (Å²) >= 11 is 0. The van der Waals surface area contributed by atoms with E-state index in [-0.39, 0.29) is 0 Å². The van der Waals surface area contributed by atoms with Crippen LogP contribution in [0.3, 0.4) is 0 Å². The van der Waals surface area contributed by atoms with Crippen LogP contribution >= 0.6 is 0 Å². The van der Waals surface area contributed by atoms with Gasteiger partial charge < -0.3 is 14.8 Å². The Morgan fingerprint density at radius 2 is 2.23 bits per heavy atom. The van der Waals surface area contributed by atoms with Crippen LogP contribution in [0.4, 0.5) is 0 Å². The molecule has 1 saturated heterocycles. The molecule has 0 amide bonds. The van der Waals surface area contributed by atoms with Gasteiger partial charge in [0.15, 0.2) is 5.79 Å². The molecule has 1 heterocycles. The van der Waals surface area contributed by atoms with Crippen molar-refractivity contribution in [2.45, 2.75) is 44.9 Å². The highest BCUT2D eigenvalue weighted by atomic mass is 16.7. The summed E-state index contributed by atoms with van der Waals surface area (Å²) in [7, 11) is 1.67. The first-order valence-corrected chi connectivity index (χ1v) is 5.06. The van der Waals surface area contributed by atoms with E-state index >= 15 is 0 Å². The van der Waals surface area contributed by atoms with E-state index in [2.05, 4.69) is 5.32 Å². The monoisotopic (exact) mass is 187 g/mol. The van der Waals surface area contributed by atoms with E-state index in [4.69, 9.17) is 9.47 Å². The average Bonchev–Trinajstić information content (AvgIpc) is 2.57. The number of nitrogens with one attached hydrogen (secondary N) is 1. The lowest BCUT2D eigenvalue weighted by molar-refractivity contribution is -0.197. The molecule has 3 heteroatoms. The second kappa shape index (κ2) is 4.94. The minimum atomic E-state index is -0.432. The molecule has 0 spiro atoms. The third-order valence-corrected chi connectivity index (χ3v) is 2.57. The van der Waals surface area contributed by atoms with Crippen molar-refractivity contribution in [3.05, 3.63) is 0 Å². The Labute approximate surface area is 80.8 Å². The Kier molecular flexibility index (Phi) is 4.16. The zero-order valence-electron chi connectivity index (χ0n) is 8.93. The van der Waals surface area contributed by atoms with Crippen LogP contribution < -0.4 is 5.32 Å². The fourth-order valence-electron chi connectivity index (χ4n) is 1.51. The Morgan fingerprint density at radius 1 is 1.46 bits per heavy atom. The maximum Gasteiger partial charge on any atom is 0.162 e. The number of hydrogen-bond acceptors (Lipinski definition) is 3. The highest BCUT2D eigenvalue weighted by molar-refractivity contribution is 4.73. The Bertz CT molecular complexity index is 142. The lowest BCUT2D eigenvalue weighted by atomic mass is 10.2. The van der Waals surface area contributed by atoms with Gasteiger partial charge in [-0.05, 0) is 39.7 Å². The molecule has 0 bridgehead atoms. The molecule has 1 rings (SSSR count). The minimum absolute atomic E-state index is 0.432. The van der Waals surface area contributed by atoms with Gasteiger partial charge in [0.1, 0.15) is 0 Å². The fraction of sp³-hybridized carbons (Fsp3) is 1.00. The Morgan fingerprint density at radius 3 is 2.77 bits per heavy atom. The molecule has 1 N–H and O–H groups in total. The summed E-state index contributed by atoms with van der Waals surface area (Å²) in [5, 5.41) is 3.44. The number of ether oxygens (including phenoxy) is 2. The molecule has 0 aromatic carbocycles.